The third-order valence-corrected chi connectivity index (χ3v) is 3.47. The van der Waals surface area contributed by atoms with E-state index in [4.69, 9.17) is 15.9 Å². The predicted octanol–water partition coefficient (Wildman–Crippen LogP) is 1.48. The summed E-state index contributed by atoms with van der Waals surface area (Å²) in [4.78, 5) is -0.543. The van der Waals surface area contributed by atoms with Crippen molar-refractivity contribution in [2.24, 2.45) is 0 Å². The van der Waals surface area contributed by atoms with Gasteiger partial charge in [-0.05, 0) is 12.1 Å². The number of nitriles is 1. The van der Waals surface area contributed by atoms with E-state index < -0.39 is 14.8 Å². The highest BCUT2D eigenvalue weighted by atomic mass is 35.7. The van der Waals surface area contributed by atoms with Crippen molar-refractivity contribution in [1.29, 1.82) is 5.26 Å². The van der Waals surface area contributed by atoms with Crippen molar-refractivity contribution in [3.8, 4) is 11.8 Å². The third kappa shape index (κ3) is 1.95. The number of nitrogens with zero attached hydrogens (tertiary/aromatic N) is 1. The molecule has 0 aliphatic carbocycles. The standard InChI is InChI=1S/C7H4ClNO3S2/c8-14(11,12)5-2-1-4(3-9)6(10)7(5)13/h1-2,10,13H. The zero-order chi connectivity index (χ0) is 10.9. The molecule has 1 rings (SSSR count). The highest BCUT2D eigenvalue weighted by Gasteiger charge is 2.18. The highest BCUT2D eigenvalue weighted by Crippen LogP contribution is 2.33. The van der Waals surface area contributed by atoms with Crippen LogP contribution < -0.4 is 0 Å². The lowest BCUT2D eigenvalue weighted by Gasteiger charge is -2.04. The minimum absolute atomic E-state index is 0.0564. The Hall–Kier alpha value is -0.900. The summed E-state index contributed by atoms with van der Waals surface area (Å²) in [5.41, 5.74) is -0.0564. The number of benzene rings is 1. The van der Waals surface area contributed by atoms with E-state index in [9.17, 15) is 13.5 Å². The lowest BCUT2D eigenvalue weighted by atomic mass is 10.2. The zero-order valence-electron chi connectivity index (χ0n) is 6.60. The second-order valence-electron chi connectivity index (χ2n) is 2.36. The number of thiol groups is 1. The molecule has 0 aliphatic heterocycles. The molecule has 0 radical (unpaired) electrons. The van der Waals surface area contributed by atoms with Crippen LogP contribution in [0.15, 0.2) is 21.9 Å². The number of hydrogen-bond acceptors (Lipinski definition) is 5. The lowest BCUT2D eigenvalue weighted by molar-refractivity contribution is 0.457. The Bertz CT molecular complexity index is 518. The molecule has 0 saturated heterocycles. The van der Waals surface area contributed by atoms with Crippen molar-refractivity contribution < 1.29 is 13.5 Å². The van der Waals surface area contributed by atoms with Gasteiger partial charge in [0.25, 0.3) is 9.05 Å². The normalized spacial score (nSPS) is 10.9. The molecule has 1 aromatic carbocycles. The minimum Gasteiger partial charge on any atom is -0.505 e. The van der Waals surface area contributed by atoms with Gasteiger partial charge < -0.3 is 5.11 Å². The Morgan fingerprint density at radius 3 is 2.50 bits per heavy atom. The first-order valence-electron chi connectivity index (χ1n) is 3.27. The molecule has 0 saturated carbocycles. The largest absolute Gasteiger partial charge is 0.505 e. The molecular formula is C7H4ClNO3S2. The molecule has 0 spiro atoms. The number of halogens is 1. The van der Waals surface area contributed by atoms with Crippen LogP contribution >= 0.6 is 23.3 Å². The second-order valence-corrected chi connectivity index (χ2v) is 5.34. The van der Waals surface area contributed by atoms with Crippen molar-refractivity contribution in [1.82, 2.24) is 0 Å². The summed E-state index contributed by atoms with van der Waals surface area (Å²) >= 11 is 3.76. The molecule has 0 unspecified atom stereocenters. The average molecular weight is 250 g/mol. The molecule has 7 heteroatoms. The van der Waals surface area contributed by atoms with Gasteiger partial charge in [-0.3, -0.25) is 0 Å². The van der Waals surface area contributed by atoms with Crippen LogP contribution in [0.1, 0.15) is 5.56 Å². The fourth-order valence-electron chi connectivity index (χ4n) is 0.848. The number of aromatic hydroxyl groups is 1. The Kier molecular flexibility index (Phi) is 2.95. The summed E-state index contributed by atoms with van der Waals surface area (Å²) in [6, 6.07) is 3.95. The first-order chi connectivity index (χ1) is 6.38. The SMILES string of the molecule is N#Cc1ccc(S(=O)(=O)Cl)c(S)c1O. The molecule has 0 aromatic heterocycles. The zero-order valence-corrected chi connectivity index (χ0v) is 9.07. The minimum atomic E-state index is -3.95. The quantitative estimate of drug-likeness (QED) is 0.584. The fourth-order valence-corrected chi connectivity index (χ4v) is 2.51. The van der Waals surface area contributed by atoms with E-state index in [1.54, 1.807) is 6.07 Å². The maximum Gasteiger partial charge on any atom is 0.262 e. The summed E-state index contributed by atoms with van der Waals surface area (Å²) in [6.07, 6.45) is 0. The van der Waals surface area contributed by atoms with Crippen molar-refractivity contribution in [3.63, 3.8) is 0 Å². The van der Waals surface area contributed by atoms with Gasteiger partial charge in [0.1, 0.15) is 11.8 Å². The van der Waals surface area contributed by atoms with Crippen LogP contribution in [-0.2, 0) is 9.05 Å². The van der Waals surface area contributed by atoms with Crippen LogP contribution in [0.3, 0.4) is 0 Å². The van der Waals surface area contributed by atoms with Crippen LogP contribution in [0.2, 0.25) is 0 Å². The van der Waals surface area contributed by atoms with Crippen molar-refractivity contribution in [2.45, 2.75) is 9.79 Å². The summed E-state index contributed by atoms with van der Waals surface area (Å²) in [6.45, 7) is 0. The Morgan fingerprint density at radius 1 is 1.50 bits per heavy atom. The fraction of sp³-hybridized carbons (Fsp3) is 0. The predicted molar refractivity (Wildman–Crippen MR) is 53.1 cm³/mol. The van der Waals surface area contributed by atoms with E-state index in [0.717, 1.165) is 12.1 Å². The molecule has 74 valence electrons. The van der Waals surface area contributed by atoms with E-state index in [-0.39, 0.29) is 15.4 Å². The van der Waals surface area contributed by atoms with Gasteiger partial charge in [0.05, 0.1) is 15.4 Å². The number of hydrogen-bond donors (Lipinski definition) is 2. The summed E-state index contributed by atoms with van der Waals surface area (Å²) in [5, 5.41) is 17.8. The maximum atomic E-state index is 10.9. The van der Waals surface area contributed by atoms with Crippen LogP contribution in [0.4, 0.5) is 0 Å². The van der Waals surface area contributed by atoms with Crippen molar-refractivity contribution in [3.05, 3.63) is 17.7 Å². The molecule has 0 atom stereocenters. The number of phenolic OH excluding ortho intramolecular Hbond substituents is 1. The van der Waals surface area contributed by atoms with E-state index in [0.29, 0.717) is 0 Å². The Balaban J connectivity index is 3.57. The van der Waals surface area contributed by atoms with Gasteiger partial charge in [-0.25, -0.2) is 8.42 Å². The molecule has 0 bridgehead atoms. The molecule has 0 amide bonds. The smallest absolute Gasteiger partial charge is 0.262 e. The molecule has 0 fully saturated rings. The van der Waals surface area contributed by atoms with Gasteiger partial charge in [-0.2, -0.15) is 5.26 Å². The Labute approximate surface area is 90.6 Å². The van der Waals surface area contributed by atoms with Crippen LogP contribution in [0.25, 0.3) is 0 Å². The van der Waals surface area contributed by atoms with E-state index in [1.807, 2.05) is 0 Å². The van der Waals surface area contributed by atoms with Gasteiger partial charge in [-0.1, -0.05) is 0 Å². The van der Waals surface area contributed by atoms with Crippen molar-refractivity contribution >= 4 is 32.4 Å². The number of phenols is 1. The molecule has 1 aromatic rings. The van der Waals surface area contributed by atoms with Gasteiger partial charge in [0, 0.05) is 10.7 Å². The lowest BCUT2D eigenvalue weighted by Crippen LogP contribution is -1.93. The molecule has 14 heavy (non-hydrogen) atoms. The molecule has 1 N–H and O–H groups in total. The Morgan fingerprint density at radius 2 is 2.07 bits per heavy atom. The van der Waals surface area contributed by atoms with Crippen LogP contribution in [-0.4, -0.2) is 13.5 Å². The van der Waals surface area contributed by atoms with Crippen LogP contribution in [0.5, 0.6) is 5.75 Å². The first kappa shape index (κ1) is 11.2. The molecule has 4 nitrogen and oxygen atoms in total. The molecule has 0 heterocycles. The highest BCUT2D eigenvalue weighted by molar-refractivity contribution is 8.14. The van der Waals surface area contributed by atoms with Gasteiger partial charge >= 0.3 is 0 Å². The summed E-state index contributed by atoms with van der Waals surface area (Å²) < 4.78 is 21.9. The number of rotatable bonds is 1. The third-order valence-electron chi connectivity index (χ3n) is 1.50. The van der Waals surface area contributed by atoms with Gasteiger partial charge in [0.2, 0.25) is 0 Å². The van der Waals surface area contributed by atoms with E-state index in [1.165, 1.54) is 0 Å². The van der Waals surface area contributed by atoms with Gasteiger partial charge in [-0.15, -0.1) is 12.6 Å². The van der Waals surface area contributed by atoms with E-state index in [2.05, 4.69) is 12.6 Å². The summed E-state index contributed by atoms with van der Waals surface area (Å²) in [5.74, 6) is -0.488. The topological polar surface area (TPSA) is 78.2 Å². The van der Waals surface area contributed by atoms with E-state index >= 15 is 0 Å². The summed E-state index contributed by atoms with van der Waals surface area (Å²) in [7, 11) is 1.11. The van der Waals surface area contributed by atoms with Crippen molar-refractivity contribution in [2.75, 3.05) is 0 Å². The van der Waals surface area contributed by atoms with Crippen LogP contribution in [0, 0.1) is 11.3 Å². The monoisotopic (exact) mass is 249 g/mol. The molecule has 0 aliphatic rings. The first-order valence-corrected chi connectivity index (χ1v) is 6.03. The second kappa shape index (κ2) is 3.69. The molecular weight excluding hydrogens is 246 g/mol. The van der Waals surface area contributed by atoms with Gasteiger partial charge in [0.15, 0.2) is 0 Å². The average Bonchev–Trinajstić information content (AvgIpc) is 2.07. The maximum absolute atomic E-state index is 10.9.